The summed E-state index contributed by atoms with van der Waals surface area (Å²) in [6.45, 7) is 4.01. The van der Waals surface area contributed by atoms with Crippen molar-refractivity contribution in [2.24, 2.45) is 0 Å². The van der Waals surface area contributed by atoms with Crippen molar-refractivity contribution in [3.63, 3.8) is 0 Å². The molecule has 0 N–H and O–H groups in total. The van der Waals surface area contributed by atoms with Crippen LogP contribution in [0.15, 0.2) is 12.3 Å². The Labute approximate surface area is 103 Å². The summed E-state index contributed by atoms with van der Waals surface area (Å²) in [6, 6.07) is 1.92. The Morgan fingerprint density at radius 3 is 2.80 bits per heavy atom. The standard InChI is InChI=1S/C11H14INO2/c1-7(2)14-10-5-9(6-13-11(10)12)15-8-3-4-8/h5-8H,3-4H2,1-2H3. The summed E-state index contributed by atoms with van der Waals surface area (Å²) < 4.78 is 12.2. The number of hydrogen-bond acceptors (Lipinski definition) is 3. The second kappa shape index (κ2) is 4.55. The summed E-state index contributed by atoms with van der Waals surface area (Å²) in [5.74, 6) is 1.62. The van der Waals surface area contributed by atoms with Crippen molar-refractivity contribution in [1.29, 1.82) is 0 Å². The fraction of sp³-hybridized carbons (Fsp3) is 0.545. The zero-order valence-corrected chi connectivity index (χ0v) is 11.0. The van der Waals surface area contributed by atoms with Crippen LogP contribution in [0.3, 0.4) is 0 Å². The molecular weight excluding hydrogens is 305 g/mol. The Balaban J connectivity index is 2.11. The van der Waals surface area contributed by atoms with Crippen molar-refractivity contribution in [3.8, 4) is 11.5 Å². The molecule has 1 aliphatic rings. The highest BCUT2D eigenvalue weighted by molar-refractivity contribution is 14.1. The minimum atomic E-state index is 0.163. The maximum Gasteiger partial charge on any atom is 0.155 e. The van der Waals surface area contributed by atoms with Crippen LogP contribution >= 0.6 is 22.6 Å². The van der Waals surface area contributed by atoms with E-state index in [9.17, 15) is 0 Å². The summed E-state index contributed by atoms with van der Waals surface area (Å²) in [4.78, 5) is 4.25. The number of halogens is 1. The number of hydrogen-bond donors (Lipinski definition) is 0. The lowest BCUT2D eigenvalue weighted by Crippen LogP contribution is -2.08. The minimum absolute atomic E-state index is 0.163. The van der Waals surface area contributed by atoms with E-state index in [1.807, 2.05) is 19.9 Å². The van der Waals surface area contributed by atoms with Crippen molar-refractivity contribution in [2.45, 2.75) is 38.9 Å². The smallest absolute Gasteiger partial charge is 0.155 e. The SMILES string of the molecule is CC(C)Oc1cc(OC2CC2)cnc1I. The Kier molecular flexibility index (Phi) is 3.33. The summed E-state index contributed by atoms with van der Waals surface area (Å²) in [7, 11) is 0. The highest BCUT2D eigenvalue weighted by atomic mass is 127. The van der Waals surface area contributed by atoms with E-state index in [4.69, 9.17) is 9.47 Å². The molecule has 0 atom stereocenters. The van der Waals surface area contributed by atoms with Crippen molar-refractivity contribution in [1.82, 2.24) is 4.98 Å². The summed E-state index contributed by atoms with van der Waals surface area (Å²) in [6.07, 6.45) is 4.64. The van der Waals surface area contributed by atoms with Gasteiger partial charge in [0.2, 0.25) is 0 Å². The van der Waals surface area contributed by atoms with Crippen LogP contribution < -0.4 is 9.47 Å². The van der Waals surface area contributed by atoms with Crippen LogP contribution in [0.5, 0.6) is 11.5 Å². The van der Waals surface area contributed by atoms with Crippen molar-refractivity contribution < 1.29 is 9.47 Å². The van der Waals surface area contributed by atoms with Crippen LogP contribution in [0.4, 0.5) is 0 Å². The molecule has 0 saturated heterocycles. The minimum Gasteiger partial charge on any atom is -0.489 e. The average Bonchev–Trinajstić information content (AvgIpc) is 2.94. The lowest BCUT2D eigenvalue weighted by molar-refractivity contribution is 0.236. The van der Waals surface area contributed by atoms with E-state index in [-0.39, 0.29) is 6.10 Å². The molecule has 2 rings (SSSR count). The molecule has 1 aromatic rings. The molecule has 1 aromatic heterocycles. The third-order valence-corrected chi connectivity index (χ3v) is 2.78. The topological polar surface area (TPSA) is 31.4 Å². The van der Waals surface area contributed by atoms with Crippen LogP contribution in [0, 0.1) is 3.70 Å². The Morgan fingerprint density at radius 2 is 2.20 bits per heavy atom. The first kappa shape index (κ1) is 11.0. The van der Waals surface area contributed by atoms with Gasteiger partial charge in [-0.3, -0.25) is 0 Å². The molecule has 0 aliphatic heterocycles. The molecule has 0 spiro atoms. The summed E-state index contributed by atoms with van der Waals surface area (Å²) in [5, 5.41) is 0. The molecule has 0 unspecified atom stereocenters. The molecule has 15 heavy (non-hydrogen) atoms. The maximum absolute atomic E-state index is 5.66. The molecular formula is C11H14INO2. The highest BCUT2D eigenvalue weighted by Gasteiger charge is 2.24. The monoisotopic (exact) mass is 319 g/mol. The third kappa shape index (κ3) is 3.22. The fourth-order valence-electron chi connectivity index (χ4n) is 1.19. The van der Waals surface area contributed by atoms with Gasteiger partial charge >= 0.3 is 0 Å². The molecule has 0 bridgehead atoms. The van der Waals surface area contributed by atoms with Gasteiger partial charge in [0.25, 0.3) is 0 Å². The number of rotatable bonds is 4. The number of aromatic nitrogens is 1. The van der Waals surface area contributed by atoms with Gasteiger partial charge in [0.15, 0.2) is 5.75 Å². The summed E-state index contributed by atoms with van der Waals surface area (Å²) in [5.41, 5.74) is 0. The van der Waals surface area contributed by atoms with Gasteiger partial charge in [-0.15, -0.1) is 0 Å². The van der Waals surface area contributed by atoms with Gasteiger partial charge in [-0.2, -0.15) is 0 Å². The molecule has 82 valence electrons. The zero-order valence-electron chi connectivity index (χ0n) is 8.87. The number of nitrogens with zero attached hydrogens (tertiary/aromatic N) is 1. The van der Waals surface area contributed by atoms with E-state index in [2.05, 4.69) is 27.6 Å². The Morgan fingerprint density at radius 1 is 1.47 bits per heavy atom. The Hall–Kier alpha value is -0.520. The van der Waals surface area contributed by atoms with Crippen LogP contribution in [-0.2, 0) is 0 Å². The first-order valence-electron chi connectivity index (χ1n) is 5.14. The second-order valence-electron chi connectivity index (χ2n) is 3.94. The van der Waals surface area contributed by atoms with Gasteiger partial charge in [-0.1, -0.05) is 0 Å². The number of ether oxygens (including phenoxy) is 2. The van der Waals surface area contributed by atoms with Gasteiger partial charge in [0.1, 0.15) is 9.45 Å². The zero-order chi connectivity index (χ0) is 10.8. The normalized spacial score (nSPS) is 15.5. The van der Waals surface area contributed by atoms with E-state index in [1.165, 1.54) is 0 Å². The van der Waals surface area contributed by atoms with E-state index < -0.39 is 0 Å². The molecule has 4 heteroatoms. The van der Waals surface area contributed by atoms with Gasteiger partial charge in [0.05, 0.1) is 18.4 Å². The molecule has 1 fully saturated rings. The van der Waals surface area contributed by atoms with E-state index in [0.29, 0.717) is 6.10 Å². The van der Waals surface area contributed by atoms with Gasteiger partial charge in [0, 0.05) is 6.07 Å². The molecule has 0 amide bonds. The fourth-order valence-corrected chi connectivity index (χ4v) is 1.61. The van der Waals surface area contributed by atoms with Crippen molar-refractivity contribution in [3.05, 3.63) is 16.0 Å². The molecule has 1 saturated carbocycles. The second-order valence-corrected chi connectivity index (χ2v) is 4.97. The Bertz CT molecular complexity index is 350. The molecule has 1 aliphatic carbocycles. The maximum atomic E-state index is 5.66. The molecule has 1 heterocycles. The van der Waals surface area contributed by atoms with Crippen molar-refractivity contribution in [2.75, 3.05) is 0 Å². The van der Waals surface area contributed by atoms with E-state index >= 15 is 0 Å². The molecule has 0 radical (unpaired) electrons. The van der Waals surface area contributed by atoms with Gasteiger partial charge in [-0.25, -0.2) is 4.98 Å². The van der Waals surface area contributed by atoms with Gasteiger partial charge < -0.3 is 9.47 Å². The quantitative estimate of drug-likeness (QED) is 0.631. The van der Waals surface area contributed by atoms with Crippen LogP contribution in [0.1, 0.15) is 26.7 Å². The largest absolute Gasteiger partial charge is 0.489 e. The lowest BCUT2D eigenvalue weighted by Gasteiger charge is -2.12. The van der Waals surface area contributed by atoms with Crippen LogP contribution in [0.2, 0.25) is 0 Å². The van der Waals surface area contributed by atoms with Gasteiger partial charge in [-0.05, 0) is 49.3 Å². The molecule has 3 nitrogen and oxygen atoms in total. The van der Waals surface area contributed by atoms with Crippen molar-refractivity contribution >= 4 is 22.6 Å². The van der Waals surface area contributed by atoms with Crippen LogP contribution in [-0.4, -0.2) is 17.2 Å². The molecule has 0 aromatic carbocycles. The first-order valence-corrected chi connectivity index (χ1v) is 6.22. The highest BCUT2D eigenvalue weighted by Crippen LogP contribution is 2.30. The first-order chi connectivity index (χ1) is 7.15. The summed E-state index contributed by atoms with van der Waals surface area (Å²) >= 11 is 2.17. The van der Waals surface area contributed by atoms with Crippen LogP contribution in [0.25, 0.3) is 0 Å². The average molecular weight is 319 g/mol. The van der Waals surface area contributed by atoms with E-state index in [0.717, 1.165) is 28.0 Å². The number of pyridine rings is 1. The lowest BCUT2D eigenvalue weighted by atomic mass is 10.4. The predicted octanol–water partition coefficient (Wildman–Crippen LogP) is 3.01. The van der Waals surface area contributed by atoms with E-state index in [1.54, 1.807) is 6.20 Å². The predicted molar refractivity (Wildman–Crippen MR) is 66.4 cm³/mol. The third-order valence-electron chi connectivity index (χ3n) is 1.97.